The lowest BCUT2D eigenvalue weighted by atomic mass is 10.2. The van der Waals surface area contributed by atoms with Crippen LogP contribution >= 0.6 is 11.8 Å². The fourth-order valence-electron chi connectivity index (χ4n) is 1.59. The second-order valence-electron chi connectivity index (χ2n) is 4.81. The molecular formula is C15H25NOS. The van der Waals surface area contributed by atoms with Crippen molar-refractivity contribution in [2.24, 2.45) is 5.92 Å². The van der Waals surface area contributed by atoms with E-state index >= 15 is 0 Å². The summed E-state index contributed by atoms with van der Waals surface area (Å²) in [5.74, 6) is 1.98. The van der Waals surface area contributed by atoms with Gasteiger partial charge in [0, 0.05) is 25.1 Å². The molecule has 0 aliphatic heterocycles. The topological polar surface area (TPSA) is 21.3 Å². The van der Waals surface area contributed by atoms with Crippen LogP contribution in [0.1, 0.15) is 25.8 Å². The Morgan fingerprint density at radius 1 is 1.28 bits per heavy atom. The molecule has 1 aromatic carbocycles. The van der Waals surface area contributed by atoms with Crippen LogP contribution in [0.4, 0.5) is 0 Å². The third-order valence-electron chi connectivity index (χ3n) is 2.72. The molecule has 1 aromatic rings. The van der Waals surface area contributed by atoms with Crippen LogP contribution in [0.25, 0.3) is 0 Å². The molecule has 0 spiro atoms. The fourth-order valence-corrected chi connectivity index (χ4v) is 2.90. The quantitative estimate of drug-likeness (QED) is 0.546. The van der Waals surface area contributed by atoms with Crippen LogP contribution in [-0.4, -0.2) is 26.0 Å². The average Bonchev–Trinajstić information content (AvgIpc) is 2.36. The van der Waals surface area contributed by atoms with Crippen molar-refractivity contribution in [1.29, 1.82) is 0 Å². The van der Waals surface area contributed by atoms with Gasteiger partial charge >= 0.3 is 0 Å². The minimum absolute atomic E-state index is 0.767. The Bertz CT molecular complexity index is 328. The first-order valence-corrected chi connectivity index (χ1v) is 7.63. The number of hydrogen-bond donors (Lipinski definition) is 1. The van der Waals surface area contributed by atoms with E-state index in [1.54, 1.807) is 7.11 Å². The molecule has 0 radical (unpaired) electrons. The Morgan fingerprint density at radius 3 is 2.78 bits per heavy atom. The van der Waals surface area contributed by atoms with Crippen molar-refractivity contribution in [2.75, 3.05) is 26.0 Å². The highest BCUT2D eigenvalue weighted by molar-refractivity contribution is 7.99. The monoisotopic (exact) mass is 267 g/mol. The van der Waals surface area contributed by atoms with Crippen LogP contribution in [0.15, 0.2) is 29.2 Å². The van der Waals surface area contributed by atoms with E-state index in [0.29, 0.717) is 0 Å². The van der Waals surface area contributed by atoms with Crippen LogP contribution < -0.4 is 5.32 Å². The molecule has 0 aliphatic carbocycles. The van der Waals surface area contributed by atoms with Gasteiger partial charge in [0.15, 0.2) is 0 Å². The van der Waals surface area contributed by atoms with Gasteiger partial charge in [-0.1, -0.05) is 32.0 Å². The van der Waals surface area contributed by atoms with Crippen molar-refractivity contribution in [3.8, 4) is 0 Å². The van der Waals surface area contributed by atoms with Gasteiger partial charge in [-0.3, -0.25) is 0 Å². The highest BCUT2D eigenvalue weighted by Crippen LogP contribution is 2.24. The molecule has 0 heterocycles. The molecule has 0 fully saturated rings. The second kappa shape index (κ2) is 9.42. The minimum Gasteiger partial charge on any atom is -0.383 e. The summed E-state index contributed by atoms with van der Waals surface area (Å²) < 4.78 is 5.03. The fraction of sp³-hybridized carbons (Fsp3) is 0.600. The molecule has 0 aromatic heterocycles. The number of nitrogens with one attached hydrogen (secondary N) is 1. The molecular weight excluding hydrogens is 242 g/mol. The van der Waals surface area contributed by atoms with E-state index in [9.17, 15) is 0 Å². The maximum absolute atomic E-state index is 5.03. The molecule has 1 N–H and O–H groups in total. The van der Waals surface area contributed by atoms with Crippen molar-refractivity contribution >= 4 is 11.8 Å². The Kier molecular flexibility index (Phi) is 8.14. The summed E-state index contributed by atoms with van der Waals surface area (Å²) in [7, 11) is 1.73. The van der Waals surface area contributed by atoms with Crippen LogP contribution in [0.2, 0.25) is 0 Å². The number of methoxy groups -OCH3 is 1. The standard InChI is InChI=1S/C15H25NOS/c1-13(2)8-11-18-15-7-5-4-6-14(15)12-16-9-10-17-3/h4-7,13,16H,8-12H2,1-3H3. The first-order valence-electron chi connectivity index (χ1n) is 6.64. The summed E-state index contributed by atoms with van der Waals surface area (Å²) in [5, 5.41) is 3.40. The van der Waals surface area contributed by atoms with E-state index in [1.807, 2.05) is 11.8 Å². The molecule has 0 amide bonds. The van der Waals surface area contributed by atoms with Crippen LogP contribution in [-0.2, 0) is 11.3 Å². The maximum Gasteiger partial charge on any atom is 0.0587 e. The molecule has 3 heteroatoms. The van der Waals surface area contributed by atoms with Crippen molar-refractivity contribution in [1.82, 2.24) is 5.32 Å². The Balaban J connectivity index is 2.40. The number of benzene rings is 1. The van der Waals surface area contributed by atoms with Gasteiger partial charge < -0.3 is 10.1 Å². The molecule has 2 nitrogen and oxygen atoms in total. The van der Waals surface area contributed by atoms with Gasteiger partial charge in [0.25, 0.3) is 0 Å². The van der Waals surface area contributed by atoms with Crippen molar-refractivity contribution < 1.29 is 4.74 Å². The first-order chi connectivity index (χ1) is 8.74. The van der Waals surface area contributed by atoms with Crippen molar-refractivity contribution in [2.45, 2.75) is 31.7 Å². The summed E-state index contributed by atoms with van der Waals surface area (Å²) in [6.45, 7) is 7.15. The van der Waals surface area contributed by atoms with Gasteiger partial charge in [-0.25, -0.2) is 0 Å². The zero-order chi connectivity index (χ0) is 13.2. The molecule has 0 saturated heterocycles. The van der Waals surface area contributed by atoms with Gasteiger partial charge in [0.05, 0.1) is 6.61 Å². The van der Waals surface area contributed by atoms with Gasteiger partial charge in [-0.2, -0.15) is 0 Å². The summed E-state index contributed by atoms with van der Waals surface area (Å²) in [5.41, 5.74) is 1.39. The lowest BCUT2D eigenvalue weighted by Crippen LogP contribution is -2.18. The predicted octanol–water partition coefficient (Wildman–Crippen LogP) is 3.56. The van der Waals surface area contributed by atoms with E-state index in [4.69, 9.17) is 4.74 Å². The van der Waals surface area contributed by atoms with Crippen molar-refractivity contribution in [3.63, 3.8) is 0 Å². The van der Waals surface area contributed by atoms with Crippen molar-refractivity contribution in [3.05, 3.63) is 29.8 Å². The van der Waals surface area contributed by atoms with Gasteiger partial charge in [-0.15, -0.1) is 11.8 Å². The normalized spacial score (nSPS) is 11.1. The average molecular weight is 267 g/mol. The maximum atomic E-state index is 5.03. The zero-order valence-electron chi connectivity index (χ0n) is 11.7. The number of hydrogen-bond acceptors (Lipinski definition) is 3. The molecule has 0 saturated carbocycles. The highest BCUT2D eigenvalue weighted by atomic mass is 32.2. The third-order valence-corrected chi connectivity index (χ3v) is 3.87. The molecule has 0 atom stereocenters. The van der Waals surface area contributed by atoms with E-state index < -0.39 is 0 Å². The van der Waals surface area contributed by atoms with E-state index in [2.05, 4.69) is 43.4 Å². The minimum atomic E-state index is 0.767. The van der Waals surface area contributed by atoms with Crippen LogP contribution in [0.3, 0.4) is 0 Å². The Hall–Kier alpha value is -0.510. The van der Waals surface area contributed by atoms with Gasteiger partial charge in [-0.05, 0) is 29.7 Å². The summed E-state index contributed by atoms with van der Waals surface area (Å²) in [4.78, 5) is 1.41. The summed E-state index contributed by atoms with van der Waals surface area (Å²) in [6, 6.07) is 8.66. The van der Waals surface area contributed by atoms with Gasteiger partial charge in [0.2, 0.25) is 0 Å². The Labute approximate surface area is 116 Å². The lowest BCUT2D eigenvalue weighted by molar-refractivity contribution is 0.199. The SMILES string of the molecule is COCCNCc1ccccc1SCCC(C)C. The highest BCUT2D eigenvalue weighted by Gasteiger charge is 2.02. The van der Waals surface area contributed by atoms with Crippen LogP contribution in [0, 0.1) is 5.92 Å². The number of ether oxygens (including phenoxy) is 1. The lowest BCUT2D eigenvalue weighted by Gasteiger charge is -2.11. The molecule has 102 valence electrons. The molecule has 0 bridgehead atoms. The van der Waals surface area contributed by atoms with E-state index in [1.165, 1.54) is 22.6 Å². The molecule has 18 heavy (non-hydrogen) atoms. The molecule has 0 aliphatic rings. The van der Waals surface area contributed by atoms with E-state index in [0.717, 1.165) is 25.6 Å². The zero-order valence-corrected chi connectivity index (χ0v) is 12.6. The smallest absolute Gasteiger partial charge is 0.0587 e. The summed E-state index contributed by atoms with van der Waals surface area (Å²) in [6.07, 6.45) is 1.27. The number of thioether (sulfide) groups is 1. The van der Waals surface area contributed by atoms with Crippen LogP contribution in [0.5, 0.6) is 0 Å². The van der Waals surface area contributed by atoms with Gasteiger partial charge in [0.1, 0.15) is 0 Å². The Morgan fingerprint density at radius 2 is 2.06 bits per heavy atom. The second-order valence-corrected chi connectivity index (χ2v) is 5.95. The van der Waals surface area contributed by atoms with E-state index in [-0.39, 0.29) is 0 Å². The number of rotatable bonds is 9. The third kappa shape index (κ3) is 6.43. The molecule has 0 unspecified atom stereocenters. The first kappa shape index (κ1) is 15.5. The predicted molar refractivity (Wildman–Crippen MR) is 80.2 cm³/mol. The molecule has 1 rings (SSSR count). The largest absolute Gasteiger partial charge is 0.383 e. The summed E-state index contributed by atoms with van der Waals surface area (Å²) >= 11 is 1.97.